The summed E-state index contributed by atoms with van der Waals surface area (Å²) in [6.07, 6.45) is 9.80. The summed E-state index contributed by atoms with van der Waals surface area (Å²) in [5.74, 6) is 1.77. The van der Waals surface area contributed by atoms with Gasteiger partial charge in [-0.3, -0.25) is 20.0 Å². The number of halogens is 4. The molecule has 8 aromatic rings. The SMILES string of the molecule is C=CCc1c[c-]c(N=C(C)c2cccc(C(C)=Nc3c(C)cccc3C)n2)c(C)c1.CCC(CCC(Cc1cc(C)c(N=C(C)c2cccc(C(C)=Nc3c(C)cccc3C)n2)c(C)c1)CC(CC)c1ccccc1)c1ccccc1.[Cl][Fe][Cl].[Cl][Fe][Cl].[Pr]. The van der Waals surface area contributed by atoms with Gasteiger partial charge in [-0.15, -0.1) is 12.1 Å². The fourth-order valence-corrected chi connectivity index (χ4v) is 11.0. The Morgan fingerprint density at radius 2 is 0.841 bits per heavy atom. The van der Waals surface area contributed by atoms with Gasteiger partial charge in [0.15, 0.2) is 0 Å². The van der Waals surface area contributed by atoms with Crippen molar-refractivity contribution in [3.8, 4) is 0 Å². The molecule has 2 heterocycles. The average Bonchev–Trinajstić information content (AvgIpc) is 3.62. The molecule has 8 rings (SSSR count). The van der Waals surface area contributed by atoms with Crippen molar-refractivity contribution in [1.29, 1.82) is 0 Å². The number of rotatable bonds is 21. The van der Waals surface area contributed by atoms with Crippen molar-refractivity contribution in [2.45, 2.75) is 147 Å². The van der Waals surface area contributed by atoms with Crippen LogP contribution in [0.3, 0.4) is 0 Å². The average molecular weight is 1460 g/mol. The van der Waals surface area contributed by atoms with Crippen LogP contribution in [0, 0.1) is 102 Å². The molecule has 6 aromatic carbocycles. The molecule has 3 unspecified atom stereocenters. The minimum absolute atomic E-state index is 0. The first kappa shape index (κ1) is 76.1. The molecule has 0 aliphatic heterocycles. The maximum atomic E-state index is 5.18. The van der Waals surface area contributed by atoms with Crippen molar-refractivity contribution < 1.29 is 67.6 Å². The minimum Gasteiger partial charge on any atom is 0 e. The predicted molar refractivity (Wildman–Crippen MR) is 371 cm³/mol. The van der Waals surface area contributed by atoms with Crippen molar-refractivity contribution in [3.05, 3.63) is 260 Å². The first-order valence-corrected chi connectivity index (χ1v) is 35.8. The Morgan fingerprint density at radius 1 is 0.477 bits per heavy atom. The van der Waals surface area contributed by atoms with Crippen LogP contribution < -0.4 is 0 Å². The fraction of sp³-hybridized carbons (Fsp3) is 0.307. The molecular formula is C75H85Cl4Fe2N6Pr-. The van der Waals surface area contributed by atoms with E-state index >= 15 is 0 Å². The van der Waals surface area contributed by atoms with Gasteiger partial charge in [0.25, 0.3) is 0 Å². The van der Waals surface area contributed by atoms with Gasteiger partial charge >= 0.3 is 66.7 Å². The van der Waals surface area contributed by atoms with E-state index in [0.717, 1.165) is 104 Å². The molecule has 0 N–H and O–H groups in total. The Morgan fingerprint density at radius 3 is 1.23 bits per heavy atom. The van der Waals surface area contributed by atoms with Gasteiger partial charge in [-0.1, -0.05) is 155 Å². The van der Waals surface area contributed by atoms with Crippen molar-refractivity contribution in [3.63, 3.8) is 0 Å². The number of benzene rings is 6. The second-order valence-electron chi connectivity index (χ2n) is 22.2. The molecule has 0 aliphatic carbocycles. The predicted octanol–water partition coefficient (Wildman–Crippen LogP) is 22.9. The van der Waals surface area contributed by atoms with E-state index in [1.165, 1.54) is 70.2 Å². The molecule has 13 heteroatoms. The Bertz CT molecular complexity index is 3540. The molecule has 0 saturated heterocycles. The second-order valence-corrected chi connectivity index (χ2v) is 25.9. The molecule has 463 valence electrons. The van der Waals surface area contributed by atoms with Crippen LogP contribution in [-0.4, -0.2) is 32.8 Å². The number of para-hydroxylation sites is 2. The third-order valence-corrected chi connectivity index (χ3v) is 15.7. The minimum atomic E-state index is 0. The molecule has 3 atom stereocenters. The number of hydrogen-bond acceptors (Lipinski definition) is 6. The number of aromatic nitrogens is 2. The second kappa shape index (κ2) is 40.5. The van der Waals surface area contributed by atoms with Gasteiger partial charge in [0.05, 0.1) is 62.7 Å². The van der Waals surface area contributed by atoms with Gasteiger partial charge in [-0.2, -0.15) is 23.8 Å². The smallest absolute Gasteiger partial charge is 0 e. The van der Waals surface area contributed by atoms with Gasteiger partial charge in [0.2, 0.25) is 0 Å². The third-order valence-electron chi connectivity index (χ3n) is 15.7. The molecule has 2 aromatic heterocycles. The fourth-order valence-electron chi connectivity index (χ4n) is 11.0. The topological polar surface area (TPSA) is 75.2 Å². The molecule has 0 spiro atoms. The van der Waals surface area contributed by atoms with Crippen LogP contribution in [0.25, 0.3) is 0 Å². The summed E-state index contributed by atoms with van der Waals surface area (Å²) in [4.78, 5) is 29.6. The molecule has 0 aliphatic rings. The van der Waals surface area contributed by atoms with Gasteiger partial charge in [-0.25, -0.2) is 9.97 Å². The normalized spacial score (nSPS) is 12.7. The van der Waals surface area contributed by atoms with Gasteiger partial charge in [-0.05, 0) is 206 Å². The third kappa shape index (κ3) is 24.0. The van der Waals surface area contributed by atoms with Crippen molar-refractivity contribution in [2.75, 3.05) is 0 Å². The number of nitrogens with zero attached hydrogens (tertiary/aromatic N) is 6. The number of aryl methyl sites for hydroxylation is 7. The molecule has 0 amide bonds. The Balaban J connectivity index is 0.000000380. The summed E-state index contributed by atoms with van der Waals surface area (Å²) in [7, 11) is 19.1. The van der Waals surface area contributed by atoms with Gasteiger partial charge < -0.3 is 0 Å². The molecular weight excluding hydrogens is 1380 g/mol. The van der Waals surface area contributed by atoms with Crippen LogP contribution >= 0.6 is 40.4 Å². The summed E-state index contributed by atoms with van der Waals surface area (Å²) in [6, 6.07) is 59.1. The summed E-state index contributed by atoms with van der Waals surface area (Å²) in [5, 5.41) is 0. The van der Waals surface area contributed by atoms with Crippen molar-refractivity contribution in [2.24, 2.45) is 25.9 Å². The van der Waals surface area contributed by atoms with E-state index in [0.29, 0.717) is 17.8 Å². The molecule has 0 bridgehead atoms. The van der Waals surface area contributed by atoms with Gasteiger partial charge in [0, 0.05) is 41.3 Å². The van der Waals surface area contributed by atoms with E-state index in [9.17, 15) is 0 Å². The van der Waals surface area contributed by atoms with E-state index in [-0.39, 0.29) is 67.6 Å². The number of aliphatic imine (C=N–C) groups is 4. The van der Waals surface area contributed by atoms with Crippen LogP contribution in [0.15, 0.2) is 190 Å². The zero-order valence-electron chi connectivity index (χ0n) is 53.5. The van der Waals surface area contributed by atoms with E-state index in [1.54, 1.807) is 0 Å². The largest absolute Gasteiger partial charge is 0 e. The first-order valence-electron chi connectivity index (χ1n) is 29.7. The molecule has 0 saturated carbocycles. The van der Waals surface area contributed by atoms with E-state index < -0.39 is 0 Å². The number of allylic oxidation sites excluding steroid dienone is 1. The van der Waals surface area contributed by atoms with E-state index in [4.69, 9.17) is 70.3 Å². The number of pyridine rings is 2. The van der Waals surface area contributed by atoms with Crippen LogP contribution in [0.2, 0.25) is 0 Å². The van der Waals surface area contributed by atoms with Crippen LogP contribution in [0.4, 0.5) is 22.7 Å². The quantitative estimate of drug-likeness (QED) is 0.0311. The Kier molecular flexibility index (Phi) is 35.0. The first-order chi connectivity index (χ1) is 41.9. The zero-order valence-corrected chi connectivity index (χ0v) is 62.4. The molecule has 0 fully saturated rings. The standard InChI is InChI=1S/C48H57N3.C27H28N3.4ClH.2Fe.Pr/c1-9-41(43-21-13-11-14-22-43)28-27-39(32-42(10-2)44-23-15-12-16-24-44)31-40-29-35(5)48(36(6)30-40)50-38(8)46-26-18-25-45(51-46)37(7)49-47-33(3)19-17-20-34(47)4;1-7-10-23-15-16-24(20(4)17-23)28-21(5)25-13-9-14-26(30-25)22(6)29-27-18(2)11-8-12-19(27)3;;;;;;;/h11-26,29-30,39,41-42H,9-10,27-28,31-32H2,1-8H3;7-9,11-15,17H,1,10H2,2-6H3;4*1H;;;/q;-1;;;;;2*+2;/p-4. The Hall–Kier alpha value is -4.40. The van der Waals surface area contributed by atoms with E-state index in [1.807, 2.05) is 63.2 Å². The summed E-state index contributed by atoms with van der Waals surface area (Å²) >= 11 is 0.389. The van der Waals surface area contributed by atoms with Gasteiger partial charge in [0.1, 0.15) is 0 Å². The van der Waals surface area contributed by atoms with Crippen LogP contribution in [0.1, 0.15) is 169 Å². The summed E-state index contributed by atoms with van der Waals surface area (Å²) < 4.78 is 0. The molecule has 88 heavy (non-hydrogen) atoms. The maximum Gasteiger partial charge on any atom is 0 e. The summed E-state index contributed by atoms with van der Waals surface area (Å²) in [5.41, 5.74) is 24.7. The van der Waals surface area contributed by atoms with Crippen LogP contribution in [0.5, 0.6) is 0 Å². The number of hydrogen-bond donors (Lipinski definition) is 0. The van der Waals surface area contributed by atoms with Crippen LogP contribution in [-0.2, 0) is 39.1 Å². The monoisotopic (exact) mass is 1460 g/mol. The molecule has 6 nitrogen and oxygen atoms in total. The Labute approximate surface area is 590 Å². The molecule has 1 radical (unpaired) electrons. The van der Waals surface area contributed by atoms with Crippen molar-refractivity contribution in [1.82, 2.24) is 9.97 Å². The van der Waals surface area contributed by atoms with Crippen molar-refractivity contribution >= 4 is 86.0 Å². The maximum absolute atomic E-state index is 5.18. The van der Waals surface area contributed by atoms with E-state index in [2.05, 4.69) is 203 Å². The summed E-state index contributed by atoms with van der Waals surface area (Å²) in [6.45, 7) is 31.4. The zero-order chi connectivity index (χ0) is 63.4.